The number of H-pyrrole nitrogens is 1. The number of piperidine rings is 1. The van der Waals surface area contributed by atoms with Gasteiger partial charge in [-0.3, -0.25) is 9.89 Å². The Morgan fingerprint density at radius 3 is 2.44 bits per heavy atom. The van der Waals surface area contributed by atoms with Gasteiger partial charge in [-0.2, -0.15) is 18.3 Å². The number of amides is 1. The molecular weight excluding hydrogens is 529 g/mol. The minimum Gasteiger partial charge on any atom is -0.356 e. The third kappa shape index (κ3) is 7.63. The second-order valence-corrected chi connectivity index (χ2v) is 10.9. The minimum atomic E-state index is -4.55. The van der Waals surface area contributed by atoms with Crippen molar-refractivity contribution in [3.05, 3.63) is 42.1 Å². The van der Waals surface area contributed by atoms with E-state index in [0.717, 1.165) is 48.2 Å². The van der Waals surface area contributed by atoms with Crippen LogP contribution in [0.25, 0.3) is 0 Å². The third-order valence-corrected chi connectivity index (χ3v) is 7.69. The second-order valence-electron chi connectivity index (χ2n) is 9.87. The predicted molar refractivity (Wildman–Crippen MR) is 145 cm³/mol. The Balaban J connectivity index is 1.30. The Hall–Kier alpha value is -3.32. The number of carbonyl (C=O) groups is 1. The van der Waals surface area contributed by atoms with Crippen LogP contribution in [-0.4, -0.2) is 69.4 Å². The first-order chi connectivity index (χ1) is 18.7. The first-order valence-electron chi connectivity index (χ1n) is 13.0. The number of aromatic nitrogens is 4. The predicted octanol–water partition coefficient (Wildman–Crippen LogP) is 5.36. The summed E-state index contributed by atoms with van der Waals surface area (Å²) in [6, 6.07) is 11.0. The number of benzene rings is 1. The zero-order valence-corrected chi connectivity index (χ0v) is 22.4. The summed E-state index contributed by atoms with van der Waals surface area (Å²) in [6.07, 6.45) is -1.31. The molecule has 2 aromatic heterocycles. The van der Waals surface area contributed by atoms with Gasteiger partial charge in [0.25, 0.3) is 0 Å². The molecule has 0 spiro atoms. The van der Waals surface area contributed by atoms with Gasteiger partial charge in [0.05, 0.1) is 5.69 Å². The highest BCUT2D eigenvalue weighted by Crippen LogP contribution is 2.32. The minimum absolute atomic E-state index is 0.293. The zero-order chi connectivity index (χ0) is 27.4. The molecule has 208 valence electrons. The van der Waals surface area contributed by atoms with Crippen molar-refractivity contribution in [2.75, 3.05) is 41.7 Å². The SMILES string of the molecule is Cc1cc(Nc2cc(N3CCC(N4CCCC4)CC3)nc(Sc3ccc(NC(=O)CC(F)(F)F)cc3)n2)[nH]n1. The van der Waals surface area contributed by atoms with E-state index in [1.807, 2.05) is 19.1 Å². The largest absolute Gasteiger partial charge is 0.397 e. The van der Waals surface area contributed by atoms with E-state index in [9.17, 15) is 18.0 Å². The highest BCUT2D eigenvalue weighted by molar-refractivity contribution is 7.99. The van der Waals surface area contributed by atoms with Crippen LogP contribution in [0.15, 0.2) is 46.5 Å². The summed E-state index contributed by atoms with van der Waals surface area (Å²) >= 11 is 1.34. The summed E-state index contributed by atoms with van der Waals surface area (Å²) in [4.78, 5) is 26.8. The summed E-state index contributed by atoms with van der Waals surface area (Å²) in [5.74, 6) is 1.09. The maximum Gasteiger partial charge on any atom is 0.397 e. The average Bonchev–Trinajstić information content (AvgIpc) is 3.56. The molecule has 5 rings (SSSR count). The van der Waals surface area contributed by atoms with Crippen molar-refractivity contribution in [3.8, 4) is 0 Å². The van der Waals surface area contributed by atoms with Gasteiger partial charge in [-0.1, -0.05) is 0 Å². The summed E-state index contributed by atoms with van der Waals surface area (Å²) in [5, 5.41) is 13.2. The van der Waals surface area contributed by atoms with Crippen molar-refractivity contribution in [2.24, 2.45) is 0 Å². The second kappa shape index (κ2) is 11.8. The van der Waals surface area contributed by atoms with Crippen LogP contribution in [0.5, 0.6) is 0 Å². The van der Waals surface area contributed by atoms with Gasteiger partial charge in [0.2, 0.25) is 5.91 Å². The molecule has 2 aliphatic heterocycles. The molecule has 2 saturated heterocycles. The number of hydrogen-bond acceptors (Lipinski definition) is 8. The van der Waals surface area contributed by atoms with Gasteiger partial charge in [-0.25, -0.2) is 9.97 Å². The molecule has 4 heterocycles. The molecule has 9 nitrogen and oxygen atoms in total. The number of rotatable bonds is 8. The molecule has 2 fully saturated rings. The number of likely N-dealkylation sites (tertiary alicyclic amines) is 1. The van der Waals surface area contributed by atoms with Crippen LogP contribution in [0.4, 0.5) is 36.3 Å². The number of aromatic amines is 1. The van der Waals surface area contributed by atoms with Crippen LogP contribution in [0.3, 0.4) is 0 Å². The van der Waals surface area contributed by atoms with E-state index in [4.69, 9.17) is 4.98 Å². The van der Waals surface area contributed by atoms with Gasteiger partial charge in [0.1, 0.15) is 23.9 Å². The number of carbonyl (C=O) groups excluding carboxylic acids is 1. The molecule has 1 aromatic carbocycles. The monoisotopic (exact) mass is 560 g/mol. The normalized spacial score (nSPS) is 17.0. The van der Waals surface area contributed by atoms with Crippen LogP contribution in [0, 0.1) is 6.92 Å². The fourth-order valence-corrected chi connectivity index (χ4v) is 5.74. The summed E-state index contributed by atoms with van der Waals surface area (Å²) in [6.45, 7) is 6.12. The molecule has 0 atom stereocenters. The summed E-state index contributed by atoms with van der Waals surface area (Å²) < 4.78 is 37.3. The van der Waals surface area contributed by atoms with E-state index in [-0.39, 0.29) is 0 Å². The van der Waals surface area contributed by atoms with Crippen LogP contribution in [0.2, 0.25) is 0 Å². The van der Waals surface area contributed by atoms with Crippen LogP contribution in [-0.2, 0) is 4.79 Å². The quantitative estimate of drug-likeness (QED) is 0.317. The van der Waals surface area contributed by atoms with Crippen LogP contribution in [0.1, 0.15) is 37.8 Å². The summed E-state index contributed by atoms with van der Waals surface area (Å²) in [7, 11) is 0. The molecule has 0 unspecified atom stereocenters. The van der Waals surface area contributed by atoms with Crippen molar-refractivity contribution < 1.29 is 18.0 Å². The molecule has 1 amide bonds. The molecular formula is C26H31F3N8OS. The van der Waals surface area contributed by atoms with Gasteiger partial charge in [0, 0.05) is 41.8 Å². The number of halogens is 3. The Morgan fingerprint density at radius 2 is 1.79 bits per heavy atom. The fraction of sp³-hybridized carbons (Fsp3) is 0.462. The smallest absolute Gasteiger partial charge is 0.356 e. The summed E-state index contributed by atoms with van der Waals surface area (Å²) in [5.41, 5.74) is 1.15. The van der Waals surface area contributed by atoms with Crippen molar-refractivity contribution in [1.29, 1.82) is 0 Å². The molecule has 13 heteroatoms. The Morgan fingerprint density at radius 1 is 1.08 bits per heavy atom. The lowest BCUT2D eigenvalue weighted by atomic mass is 10.0. The lowest BCUT2D eigenvalue weighted by molar-refractivity contribution is -0.150. The van der Waals surface area contributed by atoms with Crippen LogP contribution < -0.4 is 15.5 Å². The number of nitrogens with one attached hydrogen (secondary N) is 3. The van der Waals surface area contributed by atoms with Crippen molar-refractivity contribution >= 4 is 40.8 Å². The van der Waals surface area contributed by atoms with Gasteiger partial charge in [0.15, 0.2) is 5.16 Å². The van der Waals surface area contributed by atoms with E-state index >= 15 is 0 Å². The molecule has 39 heavy (non-hydrogen) atoms. The molecule has 0 aliphatic carbocycles. The van der Waals surface area contributed by atoms with E-state index in [0.29, 0.717) is 22.7 Å². The molecule has 3 aromatic rings. The van der Waals surface area contributed by atoms with E-state index in [1.54, 1.807) is 24.3 Å². The highest BCUT2D eigenvalue weighted by Gasteiger charge is 2.31. The first kappa shape index (κ1) is 27.3. The van der Waals surface area contributed by atoms with Gasteiger partial charge >= 0.3 is 6.18 Å². The lowest BCUT2D eigenvalue weighted by Gasteiger charge is -2.37. The molecule has 0 saturated carbocycles. The number of aryl methyl sites for hydroxylation is 1. The van der Waals surface area contributed by atoms with E-state index < -0.39 is 18.5 Å². The molecule has 3 N–H and O–H groups in total. The number of nitrogens with zero attached hydrogens (tertiary/aromatic N) is 5. The standard InChI is InChI=1S/C26H31F3N8OS/c1-17-14-22(35-34-17)31-21-15-23(37-12-8-19(9-13-37)36-10-2-3-11-36)33-25(32-21)39-20-6-4-18(5-7-20)30-24(38)16-26(27,28)29/h4-7,14-15,19H,2-3,8-13,16H2,1H3,(H,30,38)(H2,31,32,33,34,35). The number of hydrogen-bond donors (Lipinski definition) is 3. The third-order valence-electron chi connectivity index (χ3n) is 6.81. The molecule has 2 aliphatic rings. The molecule has 0 radical (unpaired) electrons. The Bertz CT molecular complexity index is 1270. The maximum absolute atomic E-state index is 12.4. The Kier molecular flexibility index (Phi) is 8.26. The number of alkyl halides is 3. The van der Waals surface area contributed by atoms with Gasteiger partial charge < -0.3 is 20.4 Å². The van der Waals surface area contributed by atoms with Crippen LogP contribution >= 0.6 is 11.8 Å². The average molecular weight is 561 g/mol. The van der Waals surface area contributed by atoms with Gasteiger partial charge in [-0.05, 0) is 81.7 Å². The number of anilines is 4. The first-order valence-corrected chi connectivity index (χ1v) is 13.8. The van der Waals surface area contributed by atoms with Crippen molar-refractivity contribution in [3.63, 3.8) is 0 Å². The lowest BCUT2D eigenvalue weighted by Crippen LogP contribution is -2.44. The van der Waals surface area contributed by atoms with Crippen molar-refractivity contribution in [1.82, 2.24) is 25.1 Å². The maximum atomic E-state index is 12.4. The molecule has 0 bridgehead atoms. The fourth-order valence-electron chi connectivity index (χ4n) is 4.97. The Labute approximate surface area is 229 Å². The zero-order valence-electron chi connectivity index (χ0n) is 21.6. The topological polar surface area (TPSA) is 102 Å². The van der Waals surface area contributed by atoms with Crippen molar-refractivity contribution in [2.45, 2.75) is 61.3 Å². The van der Waals surface area contributed by atoms with E-state index in [2.05, 4.69) is 35.6 Å². The highest BCUT2D eigenvalue weighted by atomic mass is 32.2. The van der Waals surface area contributed by atoms with E-state index in [1.165, 1.54) is 37.7 Å². The van der Waals surface area contributed by atoms with Gasteiger partial charge in [-0.15, -0.1) is 0 Å².